The van der Waals surface area contributed by atoms with E-state index < -0.39 is 11.5 Å². The molecule has 0 saturated carbocycles. The molecule has 1 amide bonds. The van der Waals surface area contributed by atoms with Crippen LogP contribution in [-0.4, -0.2) is 19.2 Å². The van der Waals surface area contributed by atoms with Crippen molar-refractivity contribution in [1.29, 1.82) is 0 Å². The van der Waals surface area contributed by atoms with Gasteiger partial charge in [-0.25, -0.2) is 10.2 Å². The lowest BCUT2D eigenvalue weighted by atomic mass is 10.1. The smallest absolute Gasteiger partial charge is 0.349 e. The summed E-state index contributed by atoms with van der Waals surface area (Å²) in [6, 6.07) is 13.8. The quantitative estimate of drug-likeness (QED) is 0.413. The standard InChI is InChI=1S/C18H13BrN2O4/c1-24-14-6-7-16-12(8-14)9-15(18(23)25-16)17(22)21-20-10-11-2-4-13(19)5-3-11/h2-10H,1H3,(H,21,22). The lowest BCUT2D eigenvalue weighted by molar-refractivity contribution is 0.0951. The van der Waals surface area contributed by atoms with Crippen molar-refractivity contribution in [3.63, 3.8) is 0 Å². The summed E-state index contributed by atoms with van der Waals surface area (Å²) < 4.78 is 11.2. The number of hydrazone groups is 1. The highest BCUT2D eigenvalue weighted by Crippen LogP contribution is 2.20. The van der Waals surface area contributed by atoms with E-state index >= 15 is 0 Å². The molecule has 126 valence electrons. The summed E-state index contributed by atoms with van der Waals surface area (Å²) in [4.78, 5) is 24.2. The van der Waals surface area contributed by atoms with Gasteiger partial charge in [0, 0.05) is 9.86 Å². The summed E-state index contributed by atoms with van der Waals surface area (Å²) in [5.41, 5.74) is 2.65. The second-order valence-corrected chi connectivity index (χ2v) is 6.02. The molecule has 2 aromatic carbocycles. The SMILES string of the molecule is COc1ccc2oc(=O)c(C(=O)NN=Cc3ccc(Br)cc3)cc2c1. The van der Waals surface area contributed by atoms with E-state index in [4.69, 9.17) is 9.15 Å². The first-order valence-electron chi connectivity index (χ1n) is 7.28. The van der Waals surface area contributed by atoms with Gasteiger partial charge in [0.15, 0.2) is 0 Å². The fourth-order valence-electron chi connectivity index (χ4n) is 2.16. The first-order valence-corrected chi connectivity index (χ1v) is 8.07. The fourth-order valence-corrected chi connectivity index (χ4v) is 2.43. The number of benzene rings is 2. The van der Waals surface area contributed by atoms with Crippen molar-refractivity contribution in [3.05, 3.63) is 74.6 Å². The van der Waals surface area contributed by atoms with Crippen LogP contribution in [0.5, 0.6) is 5.75 Å². The first kappa shape index (κ1) is 16.9. The van der Waals surface area contributed by atoms with Gasteiger partial charge in [-0.3, -0.25) is 4.79 Å². The van der Waals surface area contributed by atoms with Gasteiger partial charge in [0.05, 0.1) is 13.3 Å². The van der Waals surface area contributed by atoms with Gasteiger partial charge in [-0.2, -0.15) is 5.10 Å². The minimum absolute atomic E-state index is 0.131. The average Bonchev–Trinajstić information content (AvgIpc) is 2.62. The van der Waals surface area contributed by atoms with Crippen molar-refractivity contribution in [2.75, 3.05) is 7.11 Å². The van der Waals surface area contributed by atoms with Gasteiger partial charge in [-0.05, 0) is 42.0 Å². The van der Waals surface area contributed by atoms with Crippen LogP contribution in [0.4, 0.5) is 0 Å². The molecule has 0 aliphatic heterocycles. The summed E-state index contributed by atoms with van der Waals surface area (Å²) >= 11 is 3.34. The van der Waals surface area contributed by atoms with Gasteiger partial charge in [-0.15, -0.1) is 0 Å². The molecule has 0 aliphatic carbocycles. The zero-order valence-corrected chi connectivity index (χ0v) is 14.7. The Labute approximate surface area is 151 Å². The summed E-state index contributed by atoms with van der Waals surface area (Å²) in [5, 5.41) is 4.44. The lowest BCUT2D eigenvalue weighted by Crippen LogP contribution is -2.24. The molecule has 1 heterocycles. The van der Waals surface area contributed by atoms with E-state index in [1.807, 2.05) is 24.3 Å². The van der Waals surface area contributed by atoms with Crippen LogP contribution >= 0.6 is 15.9 Å². The van der Waals surface area contributed by atoms with E-state index in [2.05, 4.69) is 26.5 Å². The molecule has 0 atom stereocenters. The molecular weight excluding hydrogens is 388 g/mol. The predicted molar refractivity (Wildman–Crippen MR) is 98.2 cm³/mol. The summed E-state index contributed by atoms with van der Waals surface area (Å²) in [5.74, 6) is -0.0483. The van der Waals surface area contributed by atoms with Crippen LogP contribution in [0.15, 0.2) is 67.3 Å². The number of carbonyl (C=O) groups excluding carboxylic acids is 1. The highest BCUT2D eigenvalue weighted by Gasteiger charge is 2.13. The first-order chi connectivity index (χ1) is 12.1. The Morgan fingerprint density at radius 1 is 1.20 bits per heavy atom. The maximum atomic E-state index is 12.2. The van der Waals surface area contributed by atoms with Gasteiger partial charge in [0.2, 0.25) is 0 Å². The topological polar surface area (TPSA) is 80.9 Å². The molecule has 7 heteroatoms. The Balaban J connectivity index is 1.82. The third kappa shape index (κ3) is 3.95. The van der Waals surface area contributed by atoms with Crippen molar-refractivity contribution >= 4 is 39.0 Å². The highest BCUT2D eigenvalue weighted by molar-refractivity contribution is 9.10. The van der Waals surface area contributed by atoms with Gasteiger partial charge in [0.1, 0.15) is 16.9 Å². The summed E-state index contributed by atoms with van der Waals surface area (Å²) in [6.07, 6.45) is 1.48. The minimum atomic E-state index is -0.728. The molecule has 1 N–H and O–H groups in total. The molecule has 3 aromatic rings. The van der Waals surface area contributed by atoms with E-state index in [0.717, 1.165) is 10.0 Å². The van der Waals surface area contributed by atoms with Crippen molar-refractivity contribution in [2.45, 2.75) is 0 Å². The maximum Gasteiger partial charge on any atom is 0.349 e. The van der Waals surface area contributed by atoms with Gasteiger partial charge in [-0.1, -0.05) is 28.1 Å². The van der Waals surface area contributed by atoms with Crippen LogP contribution in [0.25, 0.3) is 11.0 Å². The third-order valence-corrected chi connectivity index (χ3v) is 3.96. The summed E-state index contributed by atoms with van der Waals surface area (Å²) in [7, 11) is 1.53. The van der Waals surface area contributed by atoms with Crippen LogP contribution in [0.1, 0.15) is 15.9 Å². The molecule has 1 aromatic heterocycles. The summed E-state index contributed by atoms with van der Waals surface area (Å²) in [6.45, 7) is 0. The van der Waals surface area contributed by atoms with Crippen molar-refractivity contribution < 1.29 is 13.9 Å². The van der Waals surface area contributed by atoms with Crippen molar-refractivity contribution in [1.82, 2.24) is 5.43 Å². The third-order valence-electron chi connectivity index (χ3n) is 3.43. The number of nitrogens with one attached hydrogen (secondary N) is 1. The van der Waals surface area contributed by atoms with Gasteiger partial charge < -0.3 is 9.15 Å². The Hall–Kier alpha value is -2.93. The maximum absolute atomic E-state index is 12.2. The molecule has 0 spiro atoms. The van der Waals surface area contributed by atoms with Crippen LogP contribution in [0.2, 0.25) is 0 Å². The van der Waals surface area contributed by atoms with Gasteiger partial charge >= 0.3 is 5.63 Å². The fraction of sp³-hybridized carbons (Fsp3) is 0.0556. The minimum Gasteiger partial charge on any atom is -0.497 e. The highest BCUT2D eigenvalue weighted by atomic mass is 79.9. The predicted octanol–water partition coefficient (Wildman–Crippen LogP) is 3.33. The lowest BCUT2D eigenvalue weighted by Gasteiger charge is -2.03. The van der Waals surface area contributed by atoms with Crippen LogP contribution in [-0.2, 0) is 0 Å². The van der Waals surface area contributed by atoms with E-state index in [1.165, 1.54) is 19.4 Å². The number of amides is 1. The van der Waals surface area contributed by atoms with Crippen molar-refractivity contribution in [2.24, 2.45) is 5.10 Å². The molecule has 0 fully saturated rings. The molecular formula is C18H13BrN2O4. The number of hydrogen-bond acceptors (Lipinski definition) is 5. The van der Waals surface area contributed by atoms with Crippen LogP contribution in [0, 0.1) is 0 Å². The number of carbonyl (C=O) groups is 1. The average molecular weight is 401 g/mol. The number of ether oxygens (including phenoxy) is 1. The van der Waals surface area contributed by atoms with E-state index in [-0.39, 0.29) is 5.56 Å². The largest absolute Gasteiger partial charge is 0.497 e. The van der Waals surface area contributed by atoms with E-state index in [9.17, 15) is 9.59 Å². The number of halogens is 1. The Morgan fingerprint density at radius 2 is 1.96 bits per heavy atom. The molecule has 25 heavy (non-hydrogen) atoms. The monoisotopic (exact) mass is 400 g/mol. The Morgan fingerprint density at radius 3 is 2.68 bits per heavy atom. The number of nitrogens with zero attached hydrogens (tertiary/aromatic N) is 1. The Kier molecular flexibility index (Phi) is 4.95. The molecule has 0 radical (unpaired) electrons. The van der Waals surface area contributed by atoms with Gasteiger partial charge in [0.25, 0.3) is 5.91 Å². The van der Waals surface area contributed by atoms with Crippen LogP contribution < -0.4 is 15.8 Å². The zero-order valence-electron chi connectivity index (χ0n) is 13.2. The molecule has 0 aliphatic rings. The molecule has 0 bridgehead atoms. The molecule has 0 unspecified atom stereocenters. The van der Waals surface area contributed by atoms with Crippen molar-refractivity contribution in [3.8, 4) is 5.75 Å². The molecule has 0 saturated heterocycles. The number of hydrogen-bond donors (Lipinski definition) is 1. The van der Waals surface area contributed by atoms with Crippen LogP contribution in [0.3, 0.4) is 0 Å². The molecule has 6 nitrogen and oxygen atoms in total. The zero-order chi connectivity index (χ0) is 17.8. The second kappa shape index (κ2) is 7.31. The van der Waals surface area contributed by atoms with E-state index in [1.54, 1.807) is 18.2 Å². The Bertz CT molecular complexity index is 1010. The normalized spacial score (nSPS) is 11.0. The second-order valence-electron chi connectivity index (χ2n) is 5.10. The van der Waals surface area contributed by atoms with E-state index in [0.29, 0.717) is 16.7 Å². The number of methoxy groups -OCH3 is 1. The number of fused-ring (bicyclic) bond motifs is 1. The molecule has 3 rings (SSSR count). The number of rotatable bonds is 4.